The third-order valence-electron chi connectivity index (χ3n) is 4.93. The summed E-state index contributed by atoms with van der Waals surface area (Å²) in [5, 5.41) is 4.24. The maximum atomic E-state index is 13.0. The summed E-state index contributed by atoms with van der Waals surface area (Å²) in [5.41, 5.74) is 1.25. The van der Waals surface area contributed by atoms with Crippen LogP contribution in [0.5, 0.6) is 11.5 Å². The number of amides is 1. The van der Waals surface area contributed by atoms with Crippen molar-refractivity contribution in [2.75, 3.05) is 25.1 Å². The van der Waals surface area contributed by atoms with Crippen LogP contribution in [0.2, 0.25) is 0 Å². The van der Waals surface area contributed by atoms with E-state index in [1.807, 2.05) is 12.1 Å². The lowest BCUT2D eigenvalue weighted by Gasteiger charge is -2.18. The van der Waals surface area contributed by atoms with Gasteiger partial charge in [0.2, 0.25) is 5.91 Å². The fourth-order valence-electron chi connectivity index (χ4n) is 3.53. The number of methoxy groups -OCH3 is 2. The molecule has 8 heteroatoms. The predicted octanol–water partition coefficient (Wildman–Crippen LogP) is 2.68. The number of rotatable bonds is 6. The maximum Gasteiger partial charge on any atom is 0.265 e. The van der Waals surface area contributed by atoms with Gasteiger partial charge in [0.05, 0.1) is 24.8 Å². The largest absolute Gasteiger partial charge is 0.497 e. The van der Waals surface area contributed by atoms with Gasteiger partial charge < -0.3 is 14.8 Å². The first kappa shape index (κ1) is 19.1. The van der Waals surface area contributed by atoms with Crippen LogP contribution in [-0.4, -0.2) is 35.1 Å². The van der Waals surface area contributed by atoms with E-state index in [0.29, 0.717) is 22.6 Å². The number of anilines is 1. The number of benzene rings is 3. The molecule has 0 aromatic heterocycles. The first-order valence-corrected chi connectivity index (χ1v) is 10.4. The third-order valence-corrected chi connectivity index (χ3v) is 6.73. The number of sulfonamides is 1. The number of nitrogens with one attached hydrogen (secondary N) is 1. The zero-order chi connectivity index (χ0) is 20.6. The Labute approximate surface area is 168 Å². The summed E-state index contributed by atoms with van der Waals surface area (Å²) in [6, 6.07) is 15.8. The molecule has 29 heavy (non-hydrogen) atoms. The Bertz CT molecular complexity index is 1200. The average Bonchev–Trinajstić information content (AvgIpc) is 2.95. The lowest BCUT2D eigenvalue weighted by Crippen LogP contribution is -2.38. The van der Waals surface area contributed by atoms with Crippen LogP contribution in [-0.2, 0) is 21.4 Å². The summed E-state index contributed by atoms with van der Waals surface area (Å²) < 4.78 is 37.6. The van der Waals surface area contributed by atoms with Crippen LogP contribution in [0.25, 0.3) is 10.8 Å². The van der Waals surface area contributed by atoms with Crippen molar-refractivity contribution in [3.05, 3.63) is 60.2 Å². The van der Waals surface area contributed by atoms with Crippen LogP contribution >= 0.6 is 0 Å². The van der Waals surface area contributed by atoms with Gasteiger partial charge in [-0.1, -0.05) is 24.3 Å². The van der Waals surface area contributed by atoms with E-state index < -0.39 is 15.9 Å². The Hall–Kier alpha value is -3.26. The van der Waals surface area contributed by atoms with Crippen LogP contribution in [0.1, 0.15) is 5.56 Å². The molecule has 0 saturated carbocycles. The monoisotopic (exact) mass is 412 g/mol. The minimum absolute atomic E-state index is 0.185. The van der Waals surface area contributed by atoms with Gasteiger partial charge in [0.1, 0.15) is 18.0 Å². The molecule has 0 unspecified atom stereocenters. The summed E-state index contributed by atoms with van der Waals surface area (Å²) in [6.07, 6.45) is 0. The molecule has 1 amide bonds. The summed E-state index contributed by atoms with van der Waals surface area (Å²) in [7, 11) is -0.672. The standard InChI is InChI=1S/C21H20N2O5S/c1-27-16-9-10-18(28-2)15(11-16)12-22-20(24)13-23-17-7-3-5-14-6-4-8-19(21(14)17)29(23,25)26/h3-11H,12-13H2,1-2H3,(H,22,24). The highest BCUT2D eigenvalue weighted by molar-refractivity contribution is 7.93. The van der Waals surface area contributed by atoms with Gasteiger partial charge in [-0.3, -0.25) is 9.10 Å². The van der Waals surface area contributed by atoms with Gasteiger partial charge >= 0.3 is 0 Å². The Kier molecular flexibility index (Phi) is 4.79. The van der Waals surface area contributed by atoms with E-state index in [1.165, 1.54) is 0 Å². The second-order valence-electron chi connectivity index (χ2n) is 6.60. The molecule has 0 aliphatic carbocycles. The fraction of sp³-hybridized carbons (Fsp3) is 0.190. The zero-order valence-corrected chi connectivity index (χ0v) is 16.8. The predicted molar refractivity (Wildman–Crippen MR) is 110 cm³/mol. The molecule has 0 saturated heterocycles. The van der Waals surface area contributed by atoms with E-state index in [4.69, 9.17) is 9.47 Å². The van der Waals surface area contributed by atoms with Gasteiger partial charge in [-0.2, -0.15) is 0 Å². The molecule has 0 atom stereocenters. The van der Waals surface area contributed by atoms with Crippen LogP contribution < -0.4 is 19.1 Å². The summed E-state index contributed by atoms with van der Waals surface area (Å²) in [5.74, 6) is 0.833. The van der Waals surface area contributed by atoms with E-state index in [9.17, 15) is 13.2 Å². The van der Waals surface area contributed by atoms with Crippen molar-refractivity contribution in [3.8, 4) is 11.5 Å². The molecule has 0 spiro atoms. The average molecular weight is 412 g/mol. The van der Waals surface area contributed by atoms with E-state index in [0.717, 1.165) is 15.3 Å². The number of ether oxygens (including phenoxy) is 2. The maximum absolute atomic E-state index is 13.0. The van der Waals surface area contributed by atoms with Crippen LogP contribution in [0.4, 0.5) is 5.69 Å². The van der Waals surface area contributed by atoms with Gasteiger partial charge in [-0.25, -0.2) is 8.42 Å². The van der Waals surface area contributed by atoms with Crippen molar-refractivity contribution in [1.82, 2.24) is 5.32 Å². The van der Waals surface area contributed by atoms with Crippen LogP contribution in [0, 0.1) is 0 Å². The van der Waals surface area contributed by atoms with Crippen LogP contribution in [0.3, 0.4) is 0 Å². The molecule has 0 bridgehead atoms. The molecular weight excluding hydrogens is 392 g/mol. The van der Waals surface area contributed by atoms with Crippen molar-refractivity contribution in [2.24, 2.45) is 0 Å². The van der Waals surface area contributed by atoms with Crippen molar-refractivity contribution >= 4 is 32.4 Å². The van der Waals surface area contributed by atoms with E-state index in [1.54, 1.807) is 56.7 Å². The lowest BCUT2D eigenvalue weighted by atomic mass is 10.1. The topological polar surface area (TPSA) is 84.9 Å². The molecule has 4 rings (SSSR count). The Balaban J connectivity index is 1.55. The third kappa shape index (κ3) is 3.25. The molecular formula is C21H20N2O5S. The van der Waals surface area contributed by atoms with E-state index >= 15 is 0 Å². The molecule has 1 aliphatic heterocycles. The SMILES string of the molecule is COc1ccc(OC)c(CNC(=O)CN2c3cccc4cccc(c34)S2(=O)=O)c1. The molecule has 0 radical (unpaired) electrons. The molecule has 150 valence electrons. The summed E-state index contributed by atoms with van der Waals surface area (Å²) in [4.78, 5) is 12.8. The molecule has 3 aromatic rings. The highest BCUT2D eigenvalue weighted by Crippen LogP contribution is 2.41. The lowest BCUT2D eigenvalue weighted by molar-refractivity contribution is -0.119. The van der Waals surface area contributed by atoms with Crippen molar-refractivity contribution in [3.63, 3.8) is 0 Å². The molecule has 1 heterocycles. The number of carbonyl (C=O) groups is 1. The van der Waals surface area contributed by atoms with Gasteiger partial charge in [0.15, 0.2) is 0 Å². The first-order valence-electron chi connectivity index (χ1n) is 8.98. The van der Waals surface area contributed by atoms with Crippen molar-refractivity contribution in [1.29, 1.82) is 0 Å². The van der Waals surface area contributed by atoms with E-state index in [-0.39, 0.29) is 18.0 Å². The summed E-state index contributed by atoms with van der Waals surface area (Å²) in [6.45, 7) is -0.118. The highest BCUT2D eigenvalue weighted by atomic mass is 32.2. The van der Waals surface area contributed by atoms with Crippen molar-refractivity contribution in [2.45, 2.75) is 11.4 Å². The molecule has 1 aliphatic rings. The zero-order valence-electron chi connectivity index (χ0n) is 16.0. The van der Waals surface area contributed by atoms with Gasteiger partial charge in [0.25, 0.3) is 10.0 Å². The Morgan fingerprint density at radius 1 is 1.03 bits per heavy atom. The van der Waals surface area contributed by atoms with E-state index in [2.05, 4.69) is 5.32 Å². The fourth-order valence-corrected chi connectivity index (χ4v) is 5.20. The first-order chi connectivity index (χ1) is 14.0. The quantitative estimate of drug-likeness (QED) is 0.673. The minimum atomic E-state index is -3.77. The van der Waals surface area contributed by atoms with Crippen LogP contribution in [0.15, 0.2) is 59.5 Å². The van der Waals surface area contributed by atoms with Gasteiger partial charge in [-0.05, 0) is 35.7 Å². The highest BCUT2D eigenvalue weighted by Gasteiger charge is 2.36. The van der Waals surface area contributed by atoms with Crippen molar-refractivity contribution < 1.29 is 22.7 Å². The molecule has 0 fully saturated rings. The Morgan fingerprint density at radius 2 is 1.79 bits per heavy atom. The summed E-state index contributed by atoms with van der Waals surface area (Å²) >= 11 is 0. The second-order valence-corrected chi connectivity index (χ2v) is 8.43. The smallest absolute Gasteiger partial charge is 0.265 e. The number of carbonyl (C=O) groups excluding carboxylic acids is 1. The van der Waals surface area contributed by atoms with Gasteiger partial charge in [-0.15, -0.1) is 0 Å². The Morgan fingerprint density at radius 3 is 2.52 bits per heavy atom. The second kappa shape index (κ2) is 7.29. The molecule has 3 aromatic carbocycles. The van der Waals surface area contributed by atoms with Gasteiger partial charge in [0, 0.05) is 17.5 Å². The minimum Gasteiger partial charge on any atom is -0.497 e. The number of hydrogen-bond acceptors (Lipinski definition) is 5. The molecule has 7 nitrogen and oxygen atoms in total. The number of hydrogen-bond donors (Lipinski definition) is 1. The normalized spacial score (nSPS) is 14.1. The molecule has 1 N–H and O–H groups in total. The number of nitrogens with zero attached hydrogens (tertiary/aromatic N) is 1.